The highest BCUT2D eigenvalue weighted by Crippen LogP contribution is 2.21. The molecule has 110 valence electrons. The number of benzene rings is 1. The molecule has 2 N–H and O–H groups in total. The summed E-state index contributed by atoms with van der Waals surface area (Å²) in [5.74, 6) is 0. The number of carbonyl (C=O) groups excluding carboxylic acids is 1. The summed E-state index contributed by atoms with van der Waals surface area (Å²) in [5.41, 5.74) is 1.10. The lowest BCUT2D eigenvalue weighted by Gasteiger charge is -2.36. The summed E-state index contributed by atoms with van der Waals surface area (Å²) in [6.07, 6.45) is 3.49. The molecular formula is C16H24N2O2. The Morgan fingerprint density at radius 3 is 2.85 bits per heavy atom. The molecule has 2 unspecified atom stereocenters. The third kappa shape index (κ3) is 4.23. The van der Waals surface area contributed by atoms with E-state index in [1.165, 1.54) is 0 Å². The van der Waals surface area contributed by atoms with Gasteiger partial charge in [-0.15, -0.1) is 0 Å². The molecule has 2 rings (SSSR count). The number of rotatable bonds is 4. The minimum atomic E-state index is -0.359. The van der Waals surface area contributed by atoms with Crippen LogP contribution in [0.15, 0.2) is 30.3 Å². The Morgan fingerprint density at radius 2 is 2.15 bits per heavy atom. The summed E-state index contributed by atoms with van der Waals surface area (Å²) in [7, 11) is 0. The standard InChI is InChI=1S/C16H24N2O2/c1-13(19)11-15-9-5-6-10-18(15)16(20)17-12-14-7-3-2-4-8-14/h2-4,7-8,13,15,19H,5-6,9-12H2,1H3,(H,17,20). The van der Waals surface area contributed by atoms with Crippen LogP contribution in [-0.2, 0) is 6.54 Å². The van der Waals surface area contributed by atoms with E-state index in [4.69, 9.17) is 0 Å². The van der Waals surface area contributed by atoms with Crippen molar-refractivity contribution in [2.24, 2.45) is 0 Å². The van der Waals surface area contributed by atoms with Gasteiger partial charge in [0.1, 0.15) is 0 Å². The summed E-state index contributed by atoms with van der Waals surface area (Å²) >= 11 is 0. The topological polar surface area (TPSA) is 52.6 Å². The van der Waals surface area contributed by atoms with Gasteiger partial charge in [0, 0.05) is 19.1 Å². The molecule has 4 heteroatoms. The minimum Gasteiger partial charge on any atom is -0.393 e. The molecule has 1 aromatic rings. The third-order valence-electron chi connectivity index (χ3n) is 3.79. The van der Waals surface area contributed by atoms with Crippen molar-refractivity contribution in [3.8, 4) is 0 Å². The van der Waals surface area contributed by atoms with Gasteiger partial charge in [-0.2, -0.15) is 0 Å². The SMILES string of the molecule is CC(O)CC1CCCCN1C(=O)NCc1ccccc1. The smallest absolute Gasteiger partial charge is 0.317 e. The number of carbonyl (C=O) groups is 1. The lowest BCUT2D eigenvalue weighted by atomic mass is 9.98. The summed E-state index contributed by atoms with van der Waals surface area (Å²) in [4.78, 5) is 14.2. The highest BCUT2D eigenvalue weighted by Gasteiger charge is 2.27. The van der Waals surface area contributed by atoms with E-state index in [1.807, 2.05) is 35.2 Å². The zero-order chi connectivity index (χ0) is 14.4. The van der Waals surface area contributed by atoms with Crippen molar-refractivity contribution in [1.82, 2.24) is 10.2 Å². The molecule has 0 radical (unpaired) electrons. The zero-order valence-corrected chi connectivity index (χ0v) is 12.1. The van der Waals surface area contributed by atoms with Crippen LogP contribution in [0, 0.1) is 0 Å². The fraction of sp³-hybridized carbons (Fsp3) is 0.562. The number of hydrogen-bond donors (Lipinski definition) is 2. The fourth-order valence-corrected chi connectivity index (χ4v) is 2.78. The molecule has 2 amide bonds. The van der Waals surface area contributed by atoms with Gasteiger partial charge in [0.15, 0.2) is 0 Å². The van der Waals surface area contributed by atoms with Crippen LogP contribution in [0.4, 0.5) is 4.79 Å². The molecule has 4 nitrogen and oxygen atoms in total. The lowest BCUT2D eigenvalue weighted by Crippen LogP contribution is -2.49. The first-order valence-corrected chi connectivity index (χ1v) is 7.43. The van der Waals surface area contributed by atoms with Crippen LogP contribution in [0.1, 0.15) is 38.2 Å². The number of nitrogens with zero attached hydrogens (tertiary/aromatic N) is 1. The van der Waals surface area contributed by atoms with Crippen molar-refractivity contribution >= 4 is 6.03 Å². The van der Waals surface area contributed by atoms with Crippen molar-refractivity contribution in [3.05, 3.63) is 35.9 Å². The Labute approximate surface area is 120 Å². The Kier molecular flexibility index (Phi) is 5.41. The second-order valence-electron chi connectivity index (χ2n) is 5.57. The average molecular weight is 276 g/mol. The highest BCUT2D eigenvalue weighted by molar-refractivity contribution is 5.74. The van der Waals surface area contributed by atoms with Crippen LogP contribution in [0.2, 0.25) is 0 Å². The number of aliphatic hydroxyl groups excluding tert-OH is 1. The van der Waals surface area contributed by atoms with E-state index in [2.05, 4.69) is 5.32 Å². The van der Waals surface area contributed by atoms with Crippen LogP contribution in [0.3, 0.4) is 0 Å². The van der Waals surface area contributed by atoms with Gasteiger partial charge < -0.3 is 15.3 Å². The van der Waals surface area contributed by atoms with Gasteiger partial charge in [0.05, 0.1) is 6.10 Å². The maximum atomic E-state index is 12.3. The maximum Gasteiger partial charge on any atom is 0.317 e. The molecule has 0 spiro atoms. The maximum absolute atomic E-state index is 12.3. The molecule has 2 atom stereocenters. The molecular weight excluding hydrogens is 252 g/mol. The first kappa shape index (κ1) is 14.9. The van der Waals surface area contributed by atoms with E-state index < -0.39 is 0 Å². The first-order chi connectivity index (χ1) is 9.66. The van der Waals surface area contributed by atoms with E-state index in [-0.39, 0.29) is 18.2 Å². The molecule has 1 fully saturated rings. The quantitative estimate of drug-likeness (QED) is 0.888. The van der Waals surface area contributed by atoms with E-state index in [9.17, 15) is 9.90 Å². The normalized spacial score (nSPS) is 20.5. The van der Waals surface area contributed by atoms with Gasteiger partial charge in [-0.3, -0.25) is 0 Å². The minimum absolute atomic E-state index is 0.0146. The molecule has 1 aliphatic heterocycles. The molecule has 0 aromatic heterocycles. The Morgan fingerprint density at radius 1 is 1.40 bits per heavy atom. The number of amides is 2. The molecule has 1 saturated heterocycles. The number of hydrogen-bond acceptors (Lipinski definition) is 2. The van der Waals surface area contributed by atoms with Crippen molar-refractivity contribution < 1.29 is 9.90 Å². The summed E-state index contributed by atoms with van der Waals surface area (Å²) in [6, 6.07) is 10.1. The first-order valence-electron chi connectivity index (χ1n) is 7.43. The van der Waals surface area contributed by atoms with Crippen LogP contribution in [0.5, 0.6) is 0 Å². The van der Waals surface area contributed by atoms with Gasteiger partial charge in [-0.1, -0.05) is 30.3 Å². The van der Waals surface area contributed by atoms with Gasteiger partial charge in [-0.05, 0) is 38.2 Å². The summed E-state index contributed by atoms with van der Waals surface area (Å²) in [6.45, 7) is 3.13. The second-order valence-corrected chi connectivity index (χ2v) is 5.57. The zero-order valence-electron chi connectivity index (χ0n) is 12.1. The summed E-state index contributed by atoms with van der Waals surface area (Å²) < 4.78 is 0. The average Bonchev–Trinajstić information content (AvgIpc) is 2.46. The van der Waals surface area contributed by atoms with E-state index in [1.54, 1.807) is 6.92 Å². The molecule has 0 aliphatic carbocycles. The molecule has 1 aliphatic rings. The molecule has 0 saturated carbocycles. The van der Waals surface area contributed by atoms with Crippen LogP contribution < -0.4 is 5.32 Å². The lowest BCUT2D eigenvalue weighted by molar-refractivity contribution is 0.102. The van der Waals surface area contributed by atoms with Crippen molar-refractivity contribution in [3.63, 3.8) is 0 Å². The Bertz CT molecular complexity index is 420. The second kappa shape index (κ2) is 7.29. The van der Waals surface area contributed by atoms with Gasteiger partial charge >= 0.3 is 6.03 Å². The highest BCUT2D eigenvalue weighted by atomic mass is 16.3. The van der Waals surface area contributed by atoms with Crippen LogP contribution in [0.25, 0.3) is 0 Å². The van der Waals surface area contributed by atoms with E-state index in [0.717, 1.165) is 31.4 Å². The monoisotopic (exact) mass is 276 g/mol. The van der Waals surface area contributed by atoms with E-state index in [0.29, 0.717) is 13.0 Å². The molecule has 1 aromatic carbocycles. The molecule has 20 heavy (non-hydrogen) atoms. The molecule has 0 bridgehead atoms. The number of urea groups is 1. The number of nitrogens with one attached hydrogen (secondary N) is 1. The van der Waals surface area contributed by atoms with Crippen molar-refractivity contribution in [2.45, 2.75) is 51.3 Å². The van der Waals surface area contributed by atoms with Gasteiger partial charge in [-0.25, -0.2) is 4.79 Å². The number of likely N-dealkylation sites (tertiary alicyclic amines) is 1. The van der Waals surface area contributed by atoms with Crippen LogP contribution >= 0.6 is 0 Å². The third-order valence-corrected chi connectivity index (χ3v) is 3.79. The fourth-order valence-electron chi connectivity index (χ4n) is 2.78. The number of piperidine rings is 1. The Hall–Kier alpha value is -1.55. The van der Waals surface area contributed by atoms with Crippen molar-refractivity contribution in [2.75, 3.05) is 6.54 Å². The predicted molar refractivity (Wildman–Crippen MR) is 79.3 cm³/mol. The number of aliphatic hydroxyl groups is 1. The summed E-state index contributed by atoms with van der Waals surface area (Å²) in [5, 5.41) is 12.5. The van der Waals surface area contributed by atoms with E-state index >= 15 is 0 Å². The van der Waals surface area contributed by atoms with Gasteiger partial charge in [0.2, 0.25) is 0 Å². The predicted octanol–water partition coefficient (Wildman–Crippen LogP) is 2.52. The van der Waals surface area contributed by atoms with Gasteiger partial charge in [0.25, 0.3) is 0 Å². The largest absolute Gasteiger partial charge is 0.393 e. The van der Waals surface area contributed by atoms with Crippen LogP contribution in [-0.4, -0.2) is 34.7 Å². The molecule has 1 heterocycles. The Balaban J connectivity index is 1.89. The van der Waals surface area contributed by atoms with Crippen molar-refractivity contribution in [1.29, 1.82) is 0 Å².